The van der Waals surface area contributed by atoms with Gasteiger partial charge in [-0.3, -0.25) is 4.79 Å². The fraction of sp³-hybridized carbons (Fsp3) is 0.364. The van der Waals surface area contributed by atoms with Crippen LogP contribution in [0.25, 0.3) is 0 Å². The molecule has 0 amide bonds. The van der Waals surface area contributed by atoms with Gasteiger partial charge in [-0.05, 0) is 5.56 Å². The van der Waals surface area contributed by atoms with E-state index in [1.54, 1.807) is 30.3 Å². The molecule has 88 valence electrons. The number of carbonyl (C=O) groups excluding carboxylic acids is 1. The lowest BCUT2D eigenvalue weighted by molar-refractivity contribution is -0.143. The normalized spacial score (nSPS) is 13.5. The van der Waals surface area contributed by atoms with E-state index in [1.807, 2.05) is 0 Å². The van der Waals surface area contributed by atoms with E-state index in [2.05, 4.69) is 0 Å². The lowest BCUT2D eigenvalue weighted by Crippen LogP contribution is -2.23. The van der Waals surface area contributed by atoms with E-state index < -0.39 is 30.8 Å². The molecule has 0 aliphatic rings. The molecule has 1 atom stereocenters. The average molecular weight is 231 g/mol. The second-order valence-electron chi connectivity index (χ2n) is 3.47. The van der Waals surface area contributed by atoms with Gasteiger partial charge in [0, 0.05) is 6.42 Å². The zero-order chi connectivity index (χ0) is 12.2. The van der Waals surface area contributed by atoms with Gasteiger partial charge in [-0.25, -0.2) is 0 Å². The van der Waals surface area contributed by atoms with Gasteiger partial charge in [0.25, 0.3) is 0 Å². The number of rotatable bonds is 4. The Morgan fingerprint density at radius 3 is 2.31 bits per heavy atom. The Morgan fingerprint density at radius 1 is 1.25 bits per heavy atom. The number of Topliss-reactive ketones (excluding diaryl/α,β-unsaturated/α-hetero) is 1. The third-order valence-corrected chi connectivity index (χ3v) is 2.16. The molecule has 0 saturated heterocycles. The van der Waals surface area contributed by atoms with E-state index >= 15 is 0 Å². The van der Waals surface area contributed by atoms with Crippen LogP contribution in [0, 0.1) is 0 Å². The first-order valence-corrected chi connectivity index (χ1v) is 4.80. The largest absolute Gasteiger partial charge is 0.389 e. The first-order chi connectivity index (χ1) is 7.40. The number of benzene rings is 1. The average Bonchev–Trinajstić information content (AvgIpc) is 2.25. The Bertz CT molecular complexity index is 348. The summed E-state index contributed by atoms with van der Waals surface area (Å²) in [6.45, 7) is 0. The molecule has 0 unspecified atom stereocenters. The number of ketones is 1. The molecule has 0 spiro atoms. The van der Waals surface area contributed by atoms with Gasteiger partial charge in [0.1, 0.15) is 0 Å². The molecule has 0 saturated carbocycles. The molecule has 5 heteroatoms. The van der Waals surface area contributed by atoms with Crippen LogP contribution in [0.1, 0.15) is 24.4 Å². The highest BCUT2D eigenvalue weighted by atomic mass is 19.4. The van der Waals surface area contributed by atoms with Crippen molar-refractivity contribution >= 4 is 5.78 Å². The fourth-order valence-corrected chi connectivity index (χ4v) is 1.27. The number of hydrogen-bond donors (Lipinski definition) is 1. The summed E-state index contributed by atoms with van der Waals surface area (Å²) in [6.07, 6.45) is -6.00. The van der Waals surface area contributed by atoms with Gasteiger partial charge in [-0.1, -0.05) is 30.3 Å². The van der Waals surface area contributed by atoms with Crippen molar-refractivity contribution in [2.24, 2.45) is 5.73 Å². The number of alkyl halides is 3. The molecule has 0 heterocycles. The van der Waals surface area contributed by atoms with Crippen LogP contribution in [0.5, 0.6) is 0 Å². The van der Waals surface area contributed by atoms with Gasteiger partial charge in [-0.2, -0.15) is 13.2 Å². The molecule has 0 aliphatic heterocycles. The van der Waals surface area contributed by atoms with Crippen LogP contribution in [0.15, 0.2) is 30.3 Å². The third kappa shape index (κ3) is 4.02. The van der Waals surface area contributed by atoms with Crippen LogP contribution < -0.4 is 5.73 Å². The lowest BCUT2D eigenvalue weighted by atomic mass is 10.0. The maximum absolute atomic E-state index is 11.9. The molecule has 0 bridgehead atoms. The van der Waals surface area contributed by atoms with Gasteiger partial charge in [0.05, 0.1) is 12.5 Å². The summed E-state index contributed by atoms with van der Waals surface area (Å²) in [5.74, 6) is -0.594. The molecule has 0 fully saturated rings. The van der Waals surface area contributed by atoms with E-state index in [4.69, 9.17) is 5.73 Å². The first-order valence-electron chi connectivity index (χ1n) is 4.80. The second kappa shape index (κ2) is 5.12. The van der Waals surface area contributed by atoms with Crippen molar-refractivity contribution in [2.75, 3.05) is 0 Å². The molecule has 1 aromatic carbocycles. The summed E-state index contributed by atoms with van der Waals surface area (Å²) in [4.78, 5) is 11.4. The first kappa shape index (κ1) is 12.7. The SMILES string of the molecule is N[C@@H](C(=O)CCC(F)(F)F)c1ccccc1. The quantitative estimate of drug-likeness (QED) is 0.865. The van der Waals surface area contributed by atoms with Crippen LogP contribution in [0.2, 0.25) is 0 Å². The summed E-state index contributed by atoms with van der Waals surface area (Å²) in [5.41, 5.74) is 6.09. The van der Waals surface area contributed by atoms with Gasteiger partial charge >= 0.3 is 6.18 Å². The molecule has 1 aromatic rings. The molecule has 2 nitrogen and oxygen atoms in total. The van der Waals surface area contributed by atoms with Crippen molar-refractivity contribution < 1.29 is 18.0 Å². The number of halogens is 3. The van der Waals surface area contributed by atoms with Crippen molar-refractivity contribution in [3.8, 4) is 0 Å². The van der Waals surface area contributed by atoms with E-state index in [0.717, 1.165) is 0 Å². The maximum Gasteiger partial charge on any atom is 0.389 e. The lowest BCUT2D eigenvalue weighted by Gasteiger charge is -2.11. The number of carbonyl (C=O) groups is 1. The highest BCUT2D eigenvalue weighted by molar-refractivity contribution is 5.85. The smallest absolute Gasteiger partial charge is 0.318 e. The highest BCUT2D eigenvalue weighted by Gasteiger charge is 2.29. The predicted molar refractivity (Wildman–Crippen MR) is 53.7 cm³/mol. The fourth-order valence-electron chi connectivity index (χ4n) is 1.27. The summed E-state index contributed by atoms with van der Waals surface area (Å²) < 4.78 is 35.7. The number of nitrogens with two attached hydrogens (primary N) is 1. The monoisotopic (exact) mass is 231 g/mol. The topological polar surface area (TPSA) is 43.1 Å². The van der Waals surface area contributed by atoms with Crippen LogP contribution in [-0.4, -0.2) is 12.0 Å². The minimum absolute atomic E-state index is 0.537. The van der Waals surface area contributed by atoms with Crippen molar-refractivity contribution in [3.05, 3.63) is 35.9 Å². The third-order valence-electron chi connectivity index (χ3n) is 2.16. The number of hydrogen-bond acceptors (Lipinski definition) is 2. The van der Waals surface area contributed by atoms with E-state index in [9.17, 15) is 18.0 Å². The van der Waals surface area contributed by atoms with Crippen LogP contribution in [0.3, 0.4) is 0 Å². The van der Waals surface area contributed by atoms with Crippen molar-refractivity contribution in [2.45, 2.75) is 25.1 Å². The van der Waals surface area contributed by atoms with Crippen molar-refractivity contribution in [3.63, 3.8) is 0 Å². The molecule has 1 rings (SSSR count). The Morgan fingerprint density at radius 2 is 1.81 bits per heavy atom. The van der Waals surface area contributed by atoms with E-state index in [1.165, 1.54) is 0 Å². The molecular formula is C11H12F3NO. The molecule has 0 radical (unpaired) electrons. The summed E-state index contributed by atoms with van der Waals surface area (Å²) in [7, 11) is 0. The van der Waals surface area contributed by atoms with E-state index in [-0.39, 0.29) is 0 Å². The standard InChI is InChI=1S/C11H12F3NO/c12-11(13,14)7-6-9(16)10(15)8-4-2-1-3-5-8/h1-5,10H,6-7,15H2/t10-/m1/s1. The van der Waals surface area contributed by atoms with Gasteiger partial charge < -0.3 is 5.73 Å². The Kier molecular flexibility index (Phi) is 4.06. The molecule has 16 heavy (non-hydrogen) atoms. The molecule has 0 aliphatic carbocycles. The maximum atomic E-state index is 11.9. The van der Waals surface area contributed by atoms with Crippen LogP contribution >= 0.6 is 0 Å². The Balaban J connectivity index is 2.55. The summed E-state index contributed by atoms with van der Waals surface area (Å²) >= 11 is 0. The minimum atomic E-state index is -4.31. The molecule has 2 N–H and O–H groups in total. The van der Waals surface area contributed by atoms with Gasteiger partial charge in [0.2, 0.25) is 0 Å². The Hall–Kier alpha value is -1.36. The van der Waals surface area contributed by atoms with Gasteiger partial charge in [0.15, 0.2) is 5.78 Å². The van der Waals surface area contributed by atoms with E-state index in [0.29, 0.717) is 5.56 Å². The van der Waals surface area contributed by atoms with Gasteiger partial charge in [-0.15, -0.1) is 0 Å². The second-order valence-corrected chi connectivity index (χ2v) is 3.47. The predicted octanol–water partition coefficient (Wildman–Crippen LogP) is 2.60. The molecular weight excluding hydrogens is 219 g/mol. The highest BCUT2D eigenvalue weighted by Crippen LogP contribution is 2.23. The Labute approximate surface area is 91.3 Å². The molecule has 0 aromatic heterocycles. The van der Waals surface area contributed by atoms with Crippen LogP contribution in [0.4, 0.5) is 13.2 Å². The van der Waals surface area contributed by atoms with Crippen molar-refractivity contribution in [1.82, 2.24) is 0 Å². The zero-order valence-corrected chi connectivity index (χ0v) is 8.50. The zero-order valence-electron chi connectivity index (χ0n) is 8.50. The minimum Gasteiger partial charge on any atom is -0.318 e. The van der Waals surface area contributed by atoms with Crippen LogP contribution in [-0.2, 0) is 4.79 Å². The van der Waals surface area contributed by atoms with Crippen molar-refractivity contribution in [1.29, 1.82) is 0 Å². The summed E-state index contributed by atoms with van der Waals surface area (Å²) in [5, 5.41) is 0. The summed E-state index contributed by atoms with van der Waals surface area (Å²) in [6, 6.07) is 7.39.